The summed E-state index contributed by atoms with van der Waals surface area (Å²) in [6, 6.07) is 15.1. The number of rotatable bonds is 5. The third kappa shape index (κ3) is 4.27. The lowest BCUT2D eigenvalue weighted by Gasteiger charge is -2.06. The quantitative estimate of drug-likeness (QED) is 0.704. The molecule has 98 valence electrons. The van der Waals surface area contributed by atoms with Gasteiger partial charge in [0.2, 0.25) is 0 Å². The summed E-state index contributed by atoms with van der Waals surface area (Å²) in [7, 11) is 0. The molecule has 2 aromatic carbocycles. The maximum atomic E-state index is 11.9. The summed E-state index contributed by atoms with van der Waals surface area (Å²) >= 11 is 6.78. The average Bonchev–Trinajstić information content (AvgIpc) is 2.41. The number of hydrogen-bond acceptors (Lipinski definition) is 2. The van der Waals surface area contributed by atoms with Crippen molar-refractivity contribution in [2.24, 2.45) is 0 Å². The average molecular weight is 384 g/mol. The Morgan fingerprint density at radius 2 is 1.68 bits per heavy atom. The van der Waals surface area contributed by atoms with Gasteiger partial charge < -0.3 is 4.74 Å². The molecular weight excluding hydrogens is 372 g/mol. The third-order valence-electron chi connectivity index (χ3n) is 2.61. The summed E-state index contributed by atoms with van der Waals surface area (Å²) in [5.41, 5.74) is 1.70. The number of halogens is 2. The highest BCUT2D eigenvalue weighted by atomic mass is 79.9. The molecule has 2 nitrogen and oxygen atoms in total. The van der Waals surface area contributed by atoms with Crippen LogP contribution in [0.25, 0.3) is 0 Å². The van der Waals surface area contributed by atoms with Crippen LogP contribution < -0.4 is 0 Å². The van der Waals surface area contributed by atoms with Crippen LogP contribution in [0.15, 0.2) is 57.5 Å². The van der Waals surface area contributed by atoms with Crippen molar-refractivity contribution in [1.82, 2.24) is 0 Å². The largest absolute Gasteiger partial charge is 0.369 e. The Morgan fingerprint density at radius 1 is 1.00 bits per heavy atom. The van der Waals surface area contributed by atoms with Crippen molar-refractivity contribution >= 4 is 37.6 Å². The molecule has 19 heavy (non-hydrogen) atoms. The fourth-order valence-electron chi connectivity index (χ4n) is 1.59. The van der Waals surface area contributed by atoms with Crippen LogP contribution in [-0.2, 0) is 11.3 Å². The lowest BCUT2D eigenvalue weighted by molar-refractivity contribution is 0.0725. The highest BCUT2D eigenvalue weighted by Gasteiger charge is 2.06. The second-order valence-corrected chi connectivity index (χ2v) is 5.78. The van der Waals surface area contributed by atoms with Crippen LogP contribution in [0.3, 0.4) is 0 Å². The molecule has 0 N–H and O–H groups in total. The van der Waals surface area contributed by atoms with Crippen LogP contribution in [0.5, 0.6) is 0 Å². The van der Waals surface area contributed by atoms with E-state index in [1.54, 1.807) is 12.1 Å². The normalized spacial score (nSPS) is 10.4. The van der Waals surface area contributed by atoms with E-state index in [1.807, 2.05) is 36.4 Å². The van der Waals surface area contributed by atoms with Crippen molar-refractivity contribution in [2.75, 3.05) is 6.61 Å². The minimum atomic E-state index is -0.0143. The van der Waals surface area contributed by atoms with Crippen LogP contribution in [0.2, 0.25) is 0 Å². The van der Waals surface area contributed by atoms with Gasteiger partial charge in [-0.05, 0) is 23.8 Å². The SMILES string of the molecule is O=C(COCc1ccccc1Br)c1ccc(Br)cc1. The van der Waals surface area contributed by atoms with Crippen LogP contribution in [0.1, 0.15) is 15.9 Å². The number of Topliss-reactive ketones (excluding diaryl/α,β-unsaturated/α-hetero) is 1. The molecule has 0 spiro atoms. The molecule has 0 bridgehead atoms. The van der Waals surface area contributed by atoms with E-state index < -0.39 is 0 Å². The summed E-state index contributed by atoms with van der Waals surface area (Å²) in [5.74, 6) is -0.0143. The number of ether oxygens (including phenoxy) is 1. The third-order valence-corrected chi connectivity index (χ3v) is 3.92. The van der Waals surface area contributed by atoms with Gasteiger partial charge >= 0.3 is 0 Å². The van der Waals surface area contributed by atoms with Crippen LogP contribution in [0.4, 0.5) is 0 Å². The van der Waals surface area contributed by atoms with Gasteiger partial charge in [0.15, 0.2) is 5.78 Å². The van der Waals surface area contributed by atoms with Crippen LogP contribution in [-0.4, -0.2) is 12.4 Å². The first-order chi connectivity index (χ1) is 9.16. The number of carbonyl (C=O) groups is 1. The fraction of sp³-hybridized carbons (Fsp3) is 0.133. The molecule has 0 aliphatic carbocycles. The first-order valence-electron chi connectivity index (χ1n) is 5.77. The van der Waals surface area contributed by atoms with Gasteiger partial charge in [0.1, 0.15) is 6.61 Å². The van der Waals surface area contributed by atoms with E-state index in [4.69, 9.17) is 4.74 Å². The van der Waals surface area contributed by atoms with E-state index in [0.717, 1.165) is 14.5 Å². The highest BCUT2D eigenvalue weighted by Crippen LogP contribution is 2.17. The molecule has 0 saturated carbocycles. The summed E-state index contributed by atoms with van der Waals surface area (Å²) < 4.78 is 7.40. The van der Waals surface area contributed by atoms with Crippen molar-refractivity contribution in [1.29, 1.82) is 0 Å². The monoisotopic (exact) mass is 382 g/mol. The summed E-state index contributed by atoms with van der Waals surface area (Å²) in [6.07, 6.45) is 0. The number of ketones is 1. The number of carbonyl (C=O) groups excluding carboxylic acids is 1. The van der Waals surface area contributed by atoms with Crippen LogP contribution >= 0.6 is 31.9 Å². The second-order valence-electron chi connectivity index (χ2n) is 4.01. The van der Waals surface area contributed by atoms with Gasteiger partial charge in [-0.1, -0.05) is 62.2 Å². The van der Waals surface area contributed by atoms with Crippen molar-refractivity contribution in [2.45, 2.75) is 6.61 Å². The summed E-state index contributed by atoms with van der Waals surface area (Å²) in [5, 5.41) is 0. The first kappa shape index (κ1) is 14.4. The standard InChI is InChI=1S/C15H12Br2O2/c16-13-7-5-11(6-8-13)15(18)10-19-9-12-3-1-2-4-14(12)17/h1-8H,9-10H2. The van der Waals surface area contributed by atoms with Crippen molar-refractivity contribution in [3.8, 4) is 0 Å². The molecule has 0 atom stereocenters. The minimum Gasteiger partial charge on any atom is -0.369 e. The molecule has 0 saturated heterocycles. The molecule has 2 aromatic rings. The zero-order chi connectivity index (χ0) is 13.7. The lowest BCUT2D eigenvalue weighted by atomic mass is 10.1. The van der Waals surface area contributed by atoms with Gasteiger partial charge in [0.05, 0.1) is 6.61 Å². The lowest BCUT2D eigenvalue weighted by Crippen LogP contribution is -2.09. The van der Waals surface area contributed by atoms with Crippen molar-refractivity contribution in [3.63, 3.8) is 0 Å². The molecule has 0 aliphatic heterocycles. The maximum Gasteiger partial charge on any atom is 0.188 e. The van der Waals surface area contributed by atoms with Gasteiger partial charge in [-0.3, -0.25) is 4.79 Å². The Hall–Kier alpha value is -0.970. The molecule has 2 rings (SSSR count). The Kier molecular flexibility index (Phi) is 5.31. The van der Waals surface area contributed by atoms with E-state index in [0.29, 0.717) is 12.2 Å². The molecule has 0 unspecified atom stereocenters. The smallest absolute Gasteiger partial charge is 0.188 e. The predicted molar refractivity (Wildman–Crippen MR) is 82.3 cm³/mol. The van der Waals surface area contributed by atoms with Gasteiger partial charge in [-0.15, -0.1) is 0 Å². The minimum absolute atomic E-state index is 0.0143. The molecule has 0 amide bonds. The van der Waals surface area contributed by atoms with Crippen LogP contribution in [0, 0.1) is 0 Å². The Labute approximate surface area is 129 Å². The number of hydrogen-bond donors (Lipinski definition) is 0. The van der Waals surface area contributed by atoms with E-state index in [-0.39, 0.29) is 12.4 Å². The van der Waals surface area contributed by atoms with Gasteiger partial charge in [-0.25, -0.2) is 0 Å². The molecule has 0 aromatic heterocycles. The molecule has 0 heterocycles. The molecule has 0 aliphatic rings. The van der Waals surface area contributed by atoms with Gasteiger partial charge in [-0.2, -0.15) is 0 Å². The zero-order valence-electron chi connectivity index (χ0n) is 10.1. The summed E-state index contributed by atoms with van der Waals surface area (Å²) in [4.78, 5) is 11.9. The second kappa shape index (κ2) is 6.98. The number of benzene rings is 2. The molecular formula is C15H12Br2O2. The zero-order valence-corrected chi connectivity index (χ0v) is 13.3. The Bertz CT molecular complexity index is 565. The molecule has 0 fully saturated rings. The fourth-order valence-corrected chi connectivity index (χ4v) is 2.25. The van der Waals surface area contributed by atoms with E-state index >= 15 is 0 Å². The Balaban J connectivity index is 1.88. The summed E-state index contributed by atoms with van der Waals surface area (Å²) in [6.45, 7) is 0.507. The van der Waals surface area contributed by atoms with Crippen molar-refractivity contribution < 1.29 is 9.53 Å². The Morgan fingerprint density at radius 3 is 2.37 bits per heavy atom. The molecule has 0 radical (unpaired) electrons. The van der Waals surface area contributed by atoms with E-state index in [1.165, 1.54) is 0 Å². The maximum absolute atomic E-state index is 11.9. The topological polar surface area (TPSA) is 26.3 Å². The van der Waals surface area contributed by atoms with Gasteiger partial charge in [0, 0.05) is 14.5 Å². The van der Waals surface area contributed by atoms with E-state index in [2.05, 4.69) is 31.9 Å². The van der Waals surface area contributed by atoms with Gasteiger partial charge in [0.25, 0.3) is 0 Å². The van der Waals surface area contributed by atoms with Crippen molar-refractivity contribution in [3.05, 3.63) is 68.6 Å². The highest BCUT2D eigenvalue weighted by molar-refractivity contribution is 9.10. The molecule has 4 heteroatoms. The first-order valence-corrected chi connectivity index (χ1v) is 7.35. The van der Waals surface area contributed by atoms with E-state index in [9.17, 15) is 4.79 Å². The predicted octanol–water partition coefficient (Wildman–Crippen LogP) is 4.61.